The molecule has 0 saturated carbocycles. The topological polar surface area (TPSA) is 3.24 Å². The molecule has 0 aliphatic carbocycles. The van der Waals surface area contributed by atoms with Gasteiger partial charge in [0.25, 0.3) is 0 Å². The summed E-state index contributed by atoms with van der Waals surface area (Å²) in [5.74, 6) is -1.40. The molecule has 0 atom stereocenters. The van der Waals surface area contributed by atoms with Gasteiger partial charge in [-0.25, -0.2) is 8.78 Å². The van der Waals surface area contributed by atoms with Crippen LogP contribution in [0, 0.1) is 6.20 Å². The third-order valence-electron chi connectivity index (χ3n) is 1.13. The van der Waals surface area contributed by atoms with Gasteiger partial charge >= 0.3 is 0 Å². The van der Waals surface area contributed by atoms with Crippen molar-refractivity contribution in [3.63, 3.8) is 0 Å². The Balaban J connectivity index is 0.000001000. The van der Waals surface area contributed by atoms with E-state index in [1.807, 2.05) is 0 Å². The molecule has 0 fully saturated rings. The molecule has 11 heavy (non-hydrogen) atoms. The van der Waals surface area contributed by atoms with Gasteiger partial charge in [-0.05, 0) is 7.05 Å². The van der Waals surface area contributed by atoms with Gasteiger partial charge in [0.2, 0.25) is 0 Å². The van der Waals surface area contributed by atoms with E-state index < -0.39 is 11.7 Å². The van der Waals surface area contributed by atoms with Crippen molar-refractivity contribution in [1.29, 1.82) is 0 Å². The largest absolute Gasteiger partial charge is 0.459 e. The second kappa shape index (κ2) is 4.12. The third-order valence-corrected chi connectivity index (χ3v) is 1.13. The minimum absolute atomic E-state index is 0. The molecule has 1 nitrogen and oxygen atoms in total. The standard InChI is InChI=1S/C7H6F2N.Y/c1-5-6(8)3-10(2)4-7(5)9;/h3H,1H2,2H3;/q-1;. The molecule has 0 aromatic carbocycles. The van der Waals surface area contributed by atoms with Crippen molar-refractivity contribution in [2.75, 3.05) is 7.05 Å². The van der Waals surface area contributed by atoms with E-state index in [9.17, 15) is 8.78 Å². The Morgan fingerprint density at radius 2 is 2.09 bits per heavy atom. The summed E-state index contributed by atoms with van der Waals surface area (Å²) in [6, 6.07) is 0. The quantitative estimate of drug-likeness (QED) is 0.575. The second-order valence-corrected chi connectivity index (χ2v) is 1.99. The van der Waals surface area contributed by atoms with Crippen LogP contribution >= 0.6 is 0 Å². The van der Waals surface area contributed by atoms with Gasteiger partial charge in [-0.15, -0.1) is 6.58 Å². The van der Waals surface area contributed by atoms with Gasteiger partial charge in [-0.3, -0.25) is 0 Å². The summed E-state index contributed by atoms with van der Waals surface area (Å²) >= 11 is 0. The normalized spacial score (nSPS) is 17.0. The van der Waals surface area contributed by atoms with Crippen LogP contribution in [-0.4, -0.2) is 11.9 Å². The molecule has 0 N–H and O–H groups in total. The Bertz CT molecular complexity index is 211. The summed E-state index contributed by atoms with van der Waals surface area (Å²) in [4.78, 5) is 1.18. The van der Waals surface area contributed by atoms with Gasteiger partial charge in [0.15, 0.2) is 0 Å². The van der Waals surface area contributed by atoms with Crippen LogP contribution in [0.15, 0.2) is 30.0 Å². The first-order chi connectivity index (χ1) is 4.61. The maximum absolute atomic E-state index is 12.5. The molecule has 57 valence electrons. The Morgan fingerprint density at radius 3 is 2.55 bits per heavy atom. The molecule has 0 aromatic heterocycles. The van der Waals surface area contributed by atoms with Gasteiger partial charge < -0.3 is 4.90 Å². The number of hydrogen-bond acceptors (Lipinski definition) is 1. The number of allylic oxidation sites excluding steroid dienone is 3. The van der Waals surface area contributed by atoms with Crippen molar-refractivity contribution < 1.29 is 41.5 Å². The molecular formula is C7H6F2NY-. The molecule has 0 amide bonds. The zero-order valence-electron chi connectivity index (χ0n) is 6.06. The van der Waals surface area contributed by atoms with Crippen molar-refractivity contribution in [3.8, 4) is 0 Å². The zero-order chi connectivity index (χ0) is 7.72. The summed E-state index contributed by atoms with van der Waals surface area (Å²) in [5.41, 5.74) is -0.238. The second-order valence-electron chi connectivity index (χ2n) is 1.99. The van der Waals surface area contributed by atoms with E-state index >= 15 is 0 Å². The molecule has 1 radical (unpaired) electrons. The van der Waals surface area contributed by atoms with Crippen LogP contribution < -0.4 is 0 Å². The van der Waals surface area contributed by atoms with E-state index in [1.165, 1.54) is 11.9 Å². The van der Waals surface area contributed by atoms with Crippen LogP contribution in [0.2, 0.25) is 0 Å². The van der Waals surface area contributed by atoms with E-state index in [2.05, 4.69) is 12.8 Å². The predicted octanol–water partition coefficient (Wildman–Crippen LogP) is 1.91. The molecule has 0 aromatic rings. The van der Waals surface area contributed by atoms with Crippen molar-refractivity contribution in [2.45, 2.75) is 0 Å². The first-order valence-electron chi connectivity index (χ1n) is 2.70. The smallest absolute Gasteiger partial charge is 0.0400 e. The van der Waals surface area contributed by atoms with Crippen LogP contribution in [0.4, 0.5) is 8.78 Å². The Labute approximate surface area is 89.3 Å². The van der Waals surface area contributed by atoms with Crippen LogP contribution in [0.5, 0.6) is 0 Å². The van der Waals surface area contributed by atoms with E-state index in [0.29, 0.717) is 0 Å². The number of hydrogen-bond donors (Lipinski definition) is 0. The molecule has 1 heterocycles. The van der Waals surface area contributed by atoms with Gasteiger partial charge in [-0.1, -0.05) is 18.0 Å². The van der Waals surface area contributed by atoms with Gasteiger partial charge in [0.1, 0.15) is 0 Å². The fraction of sp³-hybridized carbons (Fsp3) is 0.143. The molecule has 1 rings (SSSR count). The SMILES string of the molecule is C=C1C(F)=[C-]N(C)C=C1F.[Y]. The van der Waals surface area contributed by atoms with E-state index in [1.54, 1.807) is 0 Å². The van der Waals surface area contributed by atoms with Crippen LogP contribution in [0.1, 0.15) is 0 Å². The predicted molar refractivity (Wildman–Crippen MR) is 34.0 cm³/mol. The molecule has 4 heteroatoms. The first-order valence-corrected chi connectivity index (χ1v) is 2.70. The van der Waals surface area contributed by atoms with E-state index in [0.717, 1.165) is 6.20 Å². The monoisotopic (exact) mass is 231 g/mol. The van der Waals surface area contributed by atoms with Gasteiger partial charge in [-0.2, -0.15) is 0 Å². The number of nitrogens with zero attached hydrogens (tertiary/aromatic N) is 1. The molecule has 0 saturated heterocycles. The zero-order valence-corrected chi connectivity index (χ0v) is 8.90. The summed E-state index contributed by atoms with van der Waals surface area (Å²) in [5, 5.41) is 0. The fourth-order valence-corrected chi connectivity index (χ4v) is 0.607. The molecule has 0 spiro atoms. The molecule has 1 aliphatic heterocycles. The van der Waals surface area contributed by atoms with Crippen LogP contribution in [-0.2, 0) is 32.7 Å². The van der Waals surface area contributed by atoms with Crippen LogP contribution in [0.25, 0.3) is 0 Å². The Kier molecular flexibility index (Phi) is 4.11. The van der Waals surface area contributed by atoms with Crippen molar-refractivity contribution in [1.82, 2.24) is 4.90 Å². The average Bonchev–Trinajstić information content (AvgIpc) is 1.82. The van der Waals surface area contributed by atoms with Crippen molar-refractivity contribution >= 4 is 0 Å². The Morgan fingerprint density at radius 1 is 1.55 bits per heavy atom. The van der Waals surface area contributed by atoms with E-state index in [4.69, 9.17) is 0 Å². The summed E-state index contributed by atoms with van der Waals surface area (Å²) in [6.07, 6.45) is 3.34. The molecule has 1 aliphatic rings. The van der Waals surface area contributed by atoms with E-state index in [-0.39, 0.29) is 38.3 Å². The summed E-state index contributed by atoms with van der Waals surface area (Å²) in [7, 11) is 1.49. The maximum atomic E-state index is 12.5. The summed E-state index contributed by atoms with van der Waals surface area (Å²) < 4.78 is 25.0. The number of halogens is 2. The summed E-state index contributed by atoms with van der Waals surface area (Å²) in [6.45, 7) is 3.17. The van der Waals surface area contributed by atoms with Crippen molar-refractivity contribution in [2.24, 2.45) is 0 Å². The minimum Gasteiger partial charge on any atom is -0.459 e. The van der Waals surface area contributed by atoms with Crippen LogP contribution in [0.3, 0.4) is 0 Å². The average molecular weight is 231 g/mol. The maximum Gasteiger partial charge on any atom is 0.0400 e. The molecule has 0 bridgehead atoms. The fourth-order valence-electron chi connectivity index (χ4n) is 0.607. The third kappa shape index (κ3) is 2.49. The molecule has 0 unspecified atom stereocenters. The van der Waals surface area contributed by atoms with Gasteiger partial charge in [0, 0.05) is 44.4 Å². The minimum atomic E-state index is -0.748. The van der Waals surface area contributed by atoms with Gasteiger partial charge in [0.05, 0.1) is 0 Å². The Hall–Kier alpha value is -0.0161. The first kappa shape index (κ1) is 11.0. The molecular weight excluding hydrogens is 225 g/mol. The van der Waals surface area contributed by atoms with Crippen molar-refractivity contribution in [3.05, 3.63) is 36.2 Å². The number of rotatable bonds is 0.